The highest BCUT2D eigenvalue weighted by molar-refractivity contribution is 14.0. The first-order valence-electron chi connectivity index (χ1n) is 8.63. The van der Waals surface area contributed by atoms with E-state index in [0.29, 0.717) is 23.2 Å². The van der Waals surface area contributed by atoms with E-state index in [1.807, 2.05) is 32.5 Å². The molecule has 1 saturated heterocycles. The standard InChI is InChI=1S/C16H28N4O2S3.HI/c1-4-17-16(19-11-14-6-5-9-23-14)18-7-8-20-25(21,22)15-10-12(2)24-13(15)3;/h10,14,20H,4-9,11H2,1-3H3,(H2,17,18,19);1H. The molecule has 1 aliphatic rings. The number of nitrogens with one attached hydrogen (secondary N) is 3. The molecule has 0 aliphatic carbocycles. The Morgan fingerprint density at radius 1 is 1.31 bits per heavy atom. The third-order valence-electron chi connectivity index (χ3n) is 3.82. The zero-order chi connectivity index (χ0) is 18.3. The van der Waals surface area contributed by atoms with E-state index in [4.69, 9.17) is 0 Å². The lowest BCUT2D eigenvalue weighted by Crippen LogP contribution is -2.41. The second-order valence-electron chi connectivity index (χ2n) is 5.96. The number of guanidine groups is 1. The van der Waals surface area contributed by atoms with E-state index < -0.39 is 10.0 Å². The minimum atomic E-state index is -3.45. The SMILES string of the molecule is CCNC(=NCC1CCCS1)NCCNS(=O)(=O)c1cc(C)sc1C.I. The summed E-state index contributed by atoms with van der Waals surface area (Å²) in [5.74, 6) is 1.98. The highest BCUT2D eigenvalue weighted by atomic mass is 127. The van der Waals surface area contributed by atoms with Gasteiger partial charge in [0.05, 0.1) is 11.4 Å². The molecule has 0 aromatic carbocycles. The van der Waals surface area contributed by atoms with E-state index in [1.54, 1.807) is 6.07 Å². The van der Waals surface area contributed by atoms with E-state index in [9.17, 15) is 8.42 Å². The van der Waals surface area contributed by atoms with Gasteiger partial charge in [-0.1, -0.05) is 0 Å². The van der Waals surface area contributed by atoms with Crippen molar-refractivity contribution in [3.63, 3.8) is 0 Å². The fourth-order valence-electron chi connectivity index (χ4n) is 2.64. The zero-order valence-corrected chi connectivity index (χ0v) is 20.3. The van der Waals surface area contributed by atoms with Gasteiger partial charge in [0, 0.05) is 34.6 Å². The Balaban J connectivity index is 0.00000338. The molecule has 1 aliphatic heterocycles. The normalized spacial score (nSPS) is 17.8. The molecule has 0 radical (unpaired) electrons. The highest BCUT2D eigenvalue weighted by Gasteiger charge is 2.18. The molecule has 2 heterocycles. The lowest BCUT2D eigenvalue weighted by atomic mass is 10.2. The Hall–Kier alpha value is -0.0400. The Kier molecular flexibility index (Phi) is 10.8. The van der Waals surface area contributed by atoms with Gasteiger partial charge in [-0.15, -0.1) is 35.3 Å². The molecule has 1 fully saturated rings. The van der Waals surface area contributed by atoms with E-state index >= 15 is 0 Å². The molecule has 1 aromatic rings. The summed E-state index contributed by atoms with van der Waals surface area (Å²) in [5, 5.41) is 7.01. The minimum absolute atomic E-state index is 0. The molecule has 0 spiro atoms. The third-order valence-corrected chi connectivity index (χ3v) is 7.88. The van der Waals surface area contributed by atoms with E-state index in [2.05, 4.69) is 20.3 Å². The second kappa shape index (κ2) is 11.7. The number of thiophene rings is 1. The number of halogens is 1. The number of nitrogens with zero attached hydrogens (tertiary/aromatic N) is 1. The highest BCUT2D eigenvalue weighted by Crippen LogP contribution is 2.26. The largest absolute Gasteiger partial charge is 0.357 e. The van der Waals surface area contributed by atoms with Gasteiger partial charge in [0.25, 0.3) is 0 Å². The fourth-order valence-corrected chi connectivity index (χ4v) is 6.41. The van der Waals surface area contributed by atoms with Crippen molar-refractivity contribution in [1.29, 1.82) is 0 Å². The lowest BCUT2D eigenvalue weighted by Gasteiger charge is -2.13. The zero-order valence-electron chi connectivity index (χ0n) is 15.5. The van der Waals surface area contributed by atoms with Gasteiger partial charge in [0.15, 0.2) is 5.96 Å². The first-order chi connectivity index (χ1) is 11.9. The van der Waals surface area contributed by atoms with E-state index in [-0.39, 0.29) is 24.0 Å². The smallest absolute Gasteiger partial charge is 0.241 e. The molecule has 0 saturated carbocycles. The molecule has 6 nitrogen and oxygen atoms in total. The second-order valence-corrected chi connectivity index (χ2v) is 10.6. The molecule has 1 unspecified atom stereocenters. The number of sulfonamides is 1. The van der Waals surface area contributed by atoms with Crippen LogP contribution in [0.1, 0.15) is 29.5 Å². The minimum Gasteiger partial charge on any atom is -0.357 e. The third kappa shape index (κ3) is 7.53. The molecule has 2 rings (SSSR count). The van der Waals surface area contributed by atoms with E-state index in [1.165, 1.54) is 29.9 Å². The van der Waals surface area contributed by atoms with Crippen molar-refractivity contribution in [2.24, 2.45) is 4.99 Å². The molecule has 26 heavy (non-hydrogen) atoms. The number of hydrogen-bond acceptors (Lipinski definition) is 5. The number of rotatable bonds is 8. The van der Waals surface area contributed by atoms with Gasteiger partial charge in [-0.25, -0.2) is 13.1 Å². The summed E-state index contributed by atoms with van der Waals surface area (Å²) in [6.07, 6.45) is 2.50. The van der Waals surface area contributed by atoms with Crippen molar-refractivity contribution in [1.82, 2.24) is 15.4 Å². The van der Waals surface area contributed by atoms with Gasteiger partial charge in [0.1, 0.15) is 0 Å². The van der Waals surface area contributed by atoms with Crippen LogP contribution in [0.3, 0.4) is 0 Å². The van der Waals surface area contributed by atoms with Crippen LogP contribution in [0.2, 0.25) is 0 Å². The maximum absolute atomic E-state index is 12.4. The average Bonchev–Trinajstić information content (AvgIpc) is 3.18. The maximum Gasteiger partial charge on any atom is 0.241 e. The molecule has 3 N–H and O–H groups in total. The molecule has 1 atom stereocenters. The van der Waals surface area contributed by atoms with E-state index in [0.717, 1.165) is 28.8 Å². The van der Waals surface area contributed by atoms with Crippen LogP contribution in [0, 0.1) is 13.8 Å². The van der Waals surface area contributed by atoms with Crippen LogP contribution in [0.4, 0.5) is 0 Å². The summed E-state index contributed by atoms with van der Waals surface area (Å²) >= 11 is 3.48. The van der Waals surface area contributed by atoms with Crippen molar-refractivity contribution in [3.05, 3.63) is 15.8 Å². The summed E-state index contributed by atoms with van der Waals surface area (Å²) in [6, 6.07) is 1.72. The quantitative estimate of drug-likeness (QED) is 0.208. The van der Waals surface area contributed by atoms with Crippen LogP contribution in [-0.2, 0) is 10.0 Å². The first kappa shape index (κ1) is 24.0. The topological polar surface area (TPSA) is 82.6 Å². The molecule has 150 valence electrons. The predicted molar refractivity (Wildman–Crippen MR) is 124 cm³/mol. The molecule has 0 amide bonds. The molecule has 1 aromatic heterocycles. The van der Waals surface area contributed by atoms with Crippen molar-refractivity contribution < 1.29 is 8.42 Å². The van der Waals surface area contributed by atoms with Gasteiger partial charge >= 0.3 is 0 Å². The number of hydrogen-bond donors (Lipinski definition) is 3. The van der Waals surface area contributed by atoms with Crippen LogP contribution < -0.4 is 15.4 Å². The lowest BCUT2D eigenvalue weighted by molar-refractivity contribution is 0.580. The summed E-state index contributed by atoms with van der Waals surface area (Å²) in [6.45, 7) is 8.17. The van der Waals surface area contributed by atoms with Crippen LogP contribution >= 0.6 is 47.1 Å². The average molecular weight is 533 g/mol. The van der Waals surface area contributed by atoms with Gasteiger partial charge in [-0.05, 0) is 45.4 Å². The van der Waals surface area contributed by atoms with Gasteiger partial charge in [-0.2, -0.15) is 11.8 Å². The van der Waals surface area contributed by atoms with Crippen molar-refractivity contribution in [3.8, 4) is 0 Å². The van der Waals surface area contributed by atoms with Crippen molar-refractivity contribution >= 4 is 63.1 Å². The van der Waals surface area contributed by atoms with Crippen molar-refractivity contribution in [2.75, 3.05) is 31.9 Å². The number of aryl methyl sites for hydroxylation is 2. The maximum atomic E-state index is 12.4. The molecular weight excluding hydrogens is 503 g/mol. The number of thioether (sulfide) groups is 1. The fraction of sp³-hybridized carbons (Fsp3) is 0.688. The summed E-state index contributed by atoms with van der Waals surface area (Å²) < 4.78 is 27.4. The van der Waals surface area contributed by atoms with Gasteiger partial charge in [-0.3, -0.25) is 4.99 Å². The molecule has 0 bridgehead atoms. The Morgan fingerprint density at radius 2 is 2.08 bits per heavy atom. The van der Waals surface area contributed by atoms with Crippen LogP contribution in [0.5, 0.6) is 0 Å². The monoisotopic (exact) mass is 532 g/mol. The summed E-state index contributed by atoms with van der Waals surface area (Å²) in [5.41, 5.74) is 0. The van der Waals surface area contributed by atoms with Crippen molar-refractivity contribution in [2.45, 2.75) is 43.8 Å². The predicted octanol–water partition coefficient (Wildman–Crippen LogP) is 2.71. The Morgan fingerprint density at radius 3 is 2.65 bits per heavy atom. The van der Waals surface area contributed by atoms with Crippen LogP contribution in [0.15, 0.2) is 16.0 Å². The molecular formula is C16H29IN4O2S3. The first-order valence-corrected chi connectivity index (χ1v) is 12.0. The van der Waals surface area contributed by atoms with Crippen LogP contribution in [-0.4, -0.2) is 51.6 Å². The number of aliphatic imine (C=N–C) groups is 1. The Bertz CT molecular complexity index is 686. The Labute approximate surface area is 182 Å². The summed E-state index contributed by atoms with van der Waals surface area (Å²) in [7, 11) is -3.45. The summed E-state index contributed by atoms with van der Waals surface area (Å²) in [4.78, 5) is 6.81. The molecule has 10 heteroatoms. The van der Waals surface area contributed by atoms with Gasteiger partial charge < -0.3 is 10.6 Å². The van der Waals surface area contributed by atoms with Crippen LogP contribution in [0.25, 0.3) is 0 Å². The van der Waals surface area contributed by atoms with Gasteiger partial charge in [0.2, 0.25) is 10.0 Å².